The van der Waals surface area contributed by atoms with Gasteiger partial charge in [-0.2, -0.15) is 0 Å². The van der Waals surface area contributed by atoms with E-state index in [2.05, 4.69) is 11.4 Å². The van der Waals surface area contributed by atoms with Crippen molar-refractivity contribution in [3.05, 3.63) is 57.1 Å². The lowest BCUT2D eigenvalue weighted by molar-refractivity contribution is 0.0697. The maximum Gasteiger partial charge on any atom is 0.337 e. The molecule has 2 aliphatic rings. The molecule has 1 aliphatic heterocycles. The van der Waals surface area contributed by atoms with E-state index >= 15 is 0 Å². The van der Waals surface area contributed by atoms with E-state index in [1.807, 2.05) is 12.1 Å². The van der Waals surface area contributed by atoms with Gasteiger partial charge >= 0.3 is 5.97 Å². The summed E-state index contributed by atoms with van der Waals surface area (Å²) in [6.07, 6.45) is 3.08. The van der Waals surface area contributed by atoms with Crippen LogP contribution in [0.1, 0.15) is 34.3 Å². The largest absolute Gasteiger partial charge is 0.490 e. The summed E-state index contributed by atoms with van der Waals surface area (Å²) < 4.78 is 6.07. The summed E-state index contributed by atoms with van der Waals surface area (Å²) in [6, 6.07) is 9.18. The molecule has 0 saturated heterocycles. The lowest BCUT2D eigenvalue weighted by Crippen LogP contribution is -2.41. The smallest absolute Gasteiger partial charge is 0.337 e. The van der Waals surface area contributed by atoms with Gasteiger partial charge in [0, 0.05) is 23.0 Å². The van der Waals surface area contributed by atoms with Gasteiger partial charge in [0.05, 0.1) is 22.9 Å². The van der Waals surface area contributed by atoms with Crippen LogP contribution in [0.5, 0.6) is 5.75 Å². The zero-order chi connectivity index (χ0) is 17.6. The van der Waals surface area contributed by atoms with Crippen LogP contribution >= 0.6 is 23.2 Å². The van der Waals surface area contributed by atoms with Crippen molar-refractivity contribution in [3.8, 4) is 5.75 Å². The molecule has 0 aromatic heterocycles. The van der Waals surface area contributed by atoms with Gasteiger partial charge in [-0.05, 0) is 48.6 Å². The van der Waals surface area contributed by atoms with E-state index in [1.165, 1.54) is 11.1 Å². The Hall–Kier alpha value is -1.91. The fourth-order valence-electron chi connectivity index (χ4n) is 3.88. The number of nitrogens with one attached hydrogen (secondary N) is 1. The number of benzene rings is 2. The Morgan fingerprint density at radius 1 is 1.24 bits per heavy atom. The molecule has 2 aromatic carbocycles. The lowest BCUT2D eigenvalue weighted by atomic mass is 9.70. The number of ether oxygens (including phenoxy) is 1. The van der Waals surface area contributed by atoms with Gasteiger partial charge in [0.2, 0.25) is 0 Å². The number of aromatic carboxylic acids is 1. The highest BCUT2D eigenvalue weighted by molar-refractivity contribution is 6.33. The van der Waals surface area contributed by atoms with Crippen LogP contribution in [0.2, 0.25) is 10.0 Å². The molecule has 1 atom stereocenters. The van der Waals surface area contributed by atoms with Crippen LogP contribution < -0.4 is 10.1 Å². The molecule has 130 valence electrons. The molecule has 1 spiro atoms. The SMILES string of the molecule is O=C(O)c1cc2c(cc1Cl)OCC1(CCCc3cc(Cl)ccc31)CN2. The number of aryl methyl sites for hydroxylation is 1. The first-order valence-corrected chi connectivity index (χ1v) is 8.96. The van der Waals surface area contributed by atoms with Crippen molar-refractivity contribution >= 4 is 34.9 Å². The molecule has 25 heavy (non-hydrogen) atoms. The average Bonchev–Trinajstić information content (AvgIpc) is 2.74. The number of hydrogen-bond acceptors (Lipinski definition) is 3. The lowest BCUT2D eigenvalue weighted by Gasteiger charge is -2.37. The zero-order valence-corrected chi connectivity index (χ0v) is 15.0. The van der Waals surface area contributed by atoms with Gasteiger partial charge in [0.1, 0.15) is 5.75 Å². The van der Waals surface area contributed by atoms with Crippen molar-refractivity contribution in [3.63, 3.8) is 0 Å². The summed E-state index contributed by atoms with van der Waals surface area (Å²) in [7, 11) is 0. The van der Waals surface area contributed by atoms with E-state index in [9.17, 15) is 9.90 Å². The van der Waals surface area contributed by atoms with Crippen LogP contribution in [0.3, 0.4) is 0 Å². The number of carbonyl (C=O) groups is 1. The van der Waals surface area contributed by atoms with Crippen LogP contribution in [-0.2, 0) is 11.8 Å². The monoisotopic (exact) mass is 377 g/mol. The van der Waals surface area contributed by atoms with Crippen molar-refractivity contribution in [2.75, 3.05) is 18.5 Å². The molecule has 1 aliphatic carbocycles. The van der Waals surface area contributed by atoms with Gasteiger partial charge in [-0.1, -0.05) is 29.3 Å². The quantitative estimate of drug-likeness (QED) is 0.751. The molecule has 2 N–H and O–H groups in total. The highest BCUT2D eigenvalue weighted by Crippen LogP contribution is 2.43. The Morgan fingerprint density at radius 3 is 2.88 bits per heavy atom. The number of fused-ring (bicyclic) bond motifs is 3. The predicted molar refractivity (Wildman–Crippen MR) is 98.5 cm³/mol. The summed E-state index contributed by atoms with van der Waals surface area (Å²) in [6.45, 7) is 1.19. The highest BCUT2D eigenvalue weighted by atomic mass is 35.5. The van der Waals surface area contributed by atoms with Crippen molar-refractivity contribution in [2.24, 2.45) is 0 Å². The third-order valence-electron chi connectivity index (χ3n) is 5.16. The van der Waals surface area contributed by atoms with Gasteiger partial charge in [-0.3, -0.25) is 0 Å². The molecule has 6 heteroatoms. The minimum atomic E-state index is -1.05. The number of hydrogen-bond donors (Lipinski definition) is 2. The number of carboxylic acid groups (broad SMARTS) is 1. The molecular weight excluding hydrogens is 361 g/mol. The summed E-state index contributed by atoms with van der Waals surface area (Å²) in [5, 5.41) is 13.6. The van der Waals surface area contributed by atoms with Crippen molar-refractivity contribution in [2.45, 2.75) is 24.7 Å². The second kappa shape index (κ2) is 6.11. The highest BCUT2D eigenvalue weighted by Gasteiger charge is 2.39. The molecule has 2 aromatic rings. The van der Waals surface area contributed by atoms with E-state index in [-0.39, 0.29) is 16.0 Å². The average molecular weight is 378 g/mol. The zero-order valence-electron chi connectivity index (χ0n) is 13.4. The molecule has 0 amide bonds. The third kappa shape index (κ3) is 2.83. The summed E-state index contributed by atoms with van der Waals surface area (Å²) in [4.78, 5) is 11.3. The predicted octanol–water partition coefficient (Wildman–Crippen LogP) is 4.77. The topological polar surface area (TPSA) is 58.6 Å². The number of carboxylic acids is 1. The summed E-state index contributed by atoms with van der Waals surface area (Å²) >= 11 is 12.2. The normalized spacial score (nSPS) is 21.5. The Morgan fingerprint density at radius 2 is 2.08 bits per heavy atom. The minimum Gasteiger partial charge on any atom is -0.490 e. The molecule has 4 nitrogen and oxygen atoms in total. The Kier molecular flexibility index (Phi) is 4.05. The van der Waals surface area contributed by atoms with E-state index in [4.69, 9.17) is 27.9 Å². The van der Waals surface area contributed by atoms with Crippen LogP contribution in [0, 0.1) is 0 Å². The molecule has 4 rings (SSSR count). The molecule has 1 heterocycles. The number of halogens is 2. The number of anilines is 1. The second-order valence-corrected chi connectivity index (χ2v) is 7.55. The minimum absolute atomic E-state index is 0.0725. The van der Waals surface area contributed by atoms with Crippen molar-refractivity contribution in [1.29, 1.82) is 0 Å². The van der Waals surface area contributed by atoms with Gasteiger partial charge in [0.25, 0.3) is 0 Å². The molecular formula is C19H17Cl2NO3. The molecule has 0 saturated carbocycles. The van der Waals surface area contributed by atoms with Crippen LogP contribution in [0.25, 0.3) is 0 Å². The second-order valence-electron chi connectivity index (χ2n) is 6.71. The van der Waals surface area contributed by atoms with E-state index in [0.29, 0.717) is 24.6 Å². The van der Waals surface area contributed by atoms with Gasteiger partial charge in [-0.25, -0.2) is 4.79 Å². The van der Waals surface area contributed by atoms with E-state index < -0.39 is 5.97 Å². The molecule has 0 radical (unpaired) electrons. The first kappa shape index (κ1) is 16.6. The fourth-order valence-corrected chi connectivity index (χ4v) is 4.31. The summed E-state index contributed by atoms with van der Waals surface area (Å²) in [5.74, 6) is -0.459. The maximum atomic E-state index is 11.3. The molecule has 0 bridgehead atoms. The van der Waals surface area contributed by atoms with E-state index in [1.54, 1.807) is 12.1 Å². The first-order chi connectivity index (χ1) is 12.0. The van der Waals surface area contributed by atoms with Gasteiger partial charge < -0.3 is 15.2 Å². The van der Waals surface area contributed by atoms with Crippen LogP contribution in [0.15, 0.2) is 30.3 Å². The first-order valence-electron chi connectivity index (χ1n) is 8.21. The van der Waals surface area contributed by atoms with E-state index in [0.717, 1.165) is 24.3 Å². The number of rotatable bonds is 1. The van der Waals surface area contributed by atoms with Crippen LogP contribution in [0.4, 0.5) is 5.69 Å². The van der Waals surface area contributed by atoms with Gasteiger partial charge in [0.15, 0.2) is 0 Å². The maximum absolute atomic E-state index is 11.3. The van der Waals surface area contributed by atoms with Crippen LogP contribution in [-0.4, -0.2) is 24.2 Å². The van der Waals surface area contributed by atoms with Gasteiger partial charge in [-0.15, -0.1) is 0 Å². The molecule has 1 unspecified atom stereocenters. The summed E-state index contributed by atoms with van der Waals surface area (Å²) in [5.41, 5.74) is 3.10. The standard InChI is InChI=1S/C19H17Cl2NO3/c20-12-3-4-14-11(6-12)2-1-5-19(14)9-22-16-7-13(18(23)24)15(21)8-17(16)25-10-19/h3-4,6-8,22H,1-2,5,9-10H2,(H,23,24). The Balaban J connectivity index is 1.72. The Bertz CT molecular complexity index is 868. The Labute approximate surface area is 155 Å². The third-order valence-corrected chi connectivity index (χ3v) is 5.71. The van der Waals surface area contributed by atoms with Crippen molar-refractivity contribution in [1.82, 2.24) is 0 Å². The van der Waals surface area contributed by atoms with Crippen molar-refractivity contribution < 1.29 is 14.6 Å². The molecule has 0 fully saturated rings. The fraction of sp³-hybridized carbons (Fsp3) is 0.316.